The van der Waals surface area contributed by atoms with E-state index in [9.17, 15) is 13.0 Å². The smallest absolute Gasteiger partial charge is 0.176 e. The van der Waals surface area contributed by atoms with E-state index in [4.69, 9.17) is 0 Å². The van der Waals surface area contributed by atoms with Crippen LogP contribution in [-0.4, -0.2) is 32.4 Å². The Morgan fingerprint density at radius 3 is 1.90 bits per heavy atom. The molecule has 62 valence electrons. The fourth-order valence-electron chi connectivity index (χ4n) is 0.901. The van der Waals surface area contributed by atoms with Gasteiger partial charge < -0.3 is 9.45 Å². The summed E-state index contributed by atoms with van der Waals surface area (Å²) >= 11 is 0. The second kappa shape index (κ2) is 3.32. The second-order valence-electron chi connectivity index (χ2n) is 2.47. The van der Waals surface area contributed by atoms with Gasteiger partial charge in [0, 0.05) is 6.42 Å². The summed E-state index contributed by atoms with van der Waals surface area (Å²) in [4.78, 5) is 0.664. The summed E-state index contributed by atoms with van der Waals surface area (Å²) in [6.07, 6.45) is 0.369. The minimum atomic E-state index is -4.10. The Kier molecular flexibility index (Phi) is 3.27. The molecule has 4 nitrogen and oxygen atoms in total. The lowest BCUT2D eigenvalue weighted by Gasteiger charge is -2.22. The quantitative estimate of drug-likeness (QED) is 0.516. The third-order valence-electron chi connectivity index (χ3n) is 1.36. The lowest BCUT2D eigenvalue weighted by Crippen LogP contribution is -3.11. The van der Waals surface area contributed by atoms with Crippen LogP contribution in [0, 0.1) is 0 Å². The summed E-state index contributed by atoms with van der Waals surface area (Å²) in [5, 5.41) is -0.799. The Balaban J connectivity index is 4.38. The molecule has 1 unspecified atom stereocenters. The van der Waals surface area contributed by atoms with Crippen molar-refractivity contribution in [3.05, 3.63) is 0 Å². The molecule has 1 atom stereocenters. The molecule has 0 radical (unpaired) electrons. The maximum Gasteiger partial charge on any atom is 0.176 e. The topological polar surface area (TPSA) is 61.6 Å². The van der Waals surface area contributed by atoms with Crippen LogP contribution in [0.3, 0.4) is 0 Å². The molecule has 0 heterocycles. The average molecular weight is 167 g/mol. The van der Waals surface area contributed by atoms with Crippen LogP contribution in [0.15, 0.2) is 0 Å². The molecule has 0 spiro atoms. The molecule has 0 amide bonds. The maximum absolute atomic E-state index is 10.4. The van der Waals surface area contributed by atoms with Crippen LogP contribution in [0.25, 0.3) is 0 Å². The van der Waals surface area contributed by atoms with Crippen molar-refractivity contribution in [3.63, 3.8) is 0 Å². The fraction of sp³-hybridized carbons (Fsp3) is 1.00. The zero-order valence-corrected chi connectivity index (χ0v) is 7.23. The molecule has 0 aliphatic carbocycles. The van der Waals surface area contributed by atoms with Gasteiger partial charge in [-0.2, -0.15) is 0 Å². The van der Waals surface area contributed by atoms with E-state index in [1.54, 1.807) is 21.0 Å². The van der Waals surface area contributed by atoms with Gasteiger partial charge in [0.15, 0.2) is 5.37 Å². The zero-order chi connectivity index (χ0) is 8.36. The van der Waals surface area contributed by atoms with E-state index in [1.807, 2.05) is 0 Å². The van der Waals surface area contributed by atoms with Crippen LogP contribution in [-0.2, 0) is 10.1 Å². The molecule has 0 fully saturated rings. The van der Waals surface area contributed by atoms with Gasteiger partial charge in [0.1, 0.15) is 10.1 Å². The predicted molar refractivity (Wildman–Crippen MR) is 36.6 cm³/mol. The first-order valence-corrected chi connectivity index (χ1v) is 4.61. The molecule has 0 bridgehead atoms. The third-order valence-corrected chi connectivity index (χ3v) is 2.86. The Morgan fingerprint density at radius 1 is 1.50 bits per heavy atom. The number of rotatable bonds is 3. The van der Waals surface area contributed by atoms with E-state index in [-0.39, 0.29) is 0 Å². The van der Waals surface area contributed by atoms with Crippen molar-refractivity contribution < 1.29 is 17.9 Å². The van der Waals surface area contributed by atoms with Gasteiger partial charge in [-0.05, 0) is 0 Å². The summed E-state index contributed by atoms with van der Waals surface area (Å²) in [5.74, 6) is 0. The zero-order valence-electron chi connectivity index (χ0n) is 6.42. The van der Waals surface area contributed by atoms with E-state index in [2.05, 4.69) is 0 Å². The van der Waals surface area contributed by atoms with Crippen molar-refractivity contribution in [2.75, 3.05) is 14.1 Å². The highest BCUT2D eigenvalue weighted by Gasteiger charge is 2.19. The first-order valence-electron chi connectivity index (χ1n) is 3.14. The normalized spacial score (nSPS) is 15.7. The molecule has 0 aliphatic rings. The highest BCUT2D eigenvalue weighted by Crippen LogP contribution is 1.93. The molecule has 0 aliphatic heterocycles. The summed E-state index contributed by atoms with van der Waals surface area (Å²) in [6.45, 7) is 1.69. The molecule has 0 saturated carbocycles. The summed E-state index contributed by atoms with van der Waals surface area (Å²) < 4.78 is 31.3. The third kappa shape index (κ3) is 2.64. The predicted octanol–water partition coefficient (Wildman–Crippen LogP) is -1.59. The van der Waals surface area contributed by atoms with Gasteiger partial charge >= 0.3 is 0 Å². The van der Waals surface area contributed by atoms with Crippen LogP contribution >= 0.6 is 0 Å². The van der Waals surface area contributed by atoms with Crippen LogP contribution < -0.4 is 4.90 Å². The Morgan fingerprint density at radius 2 is 1.90 bits per heavy atom. The molecular weight excluding hydrogens is 154 g/mol. The molecule has 0 aromatic heterocycles. The largest absolute Gasteiger partial charge is 0.743 e. The Bertz CT molecular complexity index is 185. The first-order chi connectivity index (χ1) is 4.39. The van der Waals surface area contributed by atoms with E-state index in [0.29, 0.717) is 11.3 Å². The van der Waals surface area contributed by atoms with Crippen molar-refractivity contribution in [1.82, 2.24) is 0 Å². The van der Waals surface area contributed by atoms with Gasteiger partial charge in [0.2, 0.25) is 0 Å². The summed E-state index contributed by atoms with van der Waals surface area (Å²) in [5.41, 5.74) is 0. The maximum atomic E-state index is 10.4. The highest BCUT2D eigenvalue weighted by molar-refractivity contribution is 7.86. The van der Waals surface area contributed by atoms with E-state index < -0.39 is 15.5 Å². The number of hydrogen-bond donors (Lipinski definition) is 1. The molecule has 5 heteroatoms. The molecule has 1 N–H and O–H groups in total. The van der Waals surface area contributed by atoms with Gasteiger partial charge in [-0.3, -0.25) is 0 Å². The van der Waals surface area contributed by atoms with Crippen molar-refractivity contribution in [2.45, 2.75) is 18.7 Å². The van der Waals surface area contributed by atoms with Crippen LogP contribution in [0.2, 0.25) is 0 Å². The fourth-order valence-corrected chi connectivity index (χ4v) is 1.89. The van der Waals surface area contributed by atoms with Crippen molar-refractivity contribution in [2.24, 2.45) is 0 Å². The Hall–Kier alpha value is -0.130. The molecular formula is C5H13NO3S. The number of quaternary nitrogens is 1. The van der Waals surface area contributed by atoms with Crippen LogP contribution in [0.5, 0.6) is 0 Å². The van der Waals surface area contributed by atoms with Crippen molar-refractivity contribution in [1.29, 1.82) is 0 Å². The van der Waals surface area contributed by atoms with E-state index in [0.717, 1.165) is 0 Å². The average Bonchev–Trinajstić information content (AvgIpc) is 1.60. The molecule has 0 rings (SSSR count). The van der Waals surface area contributed by atoms with Crippen LogP contribution in [0.1, 0.15) is 13.3 Å². The first kappa shape index (κ1) is 9.87. The molecule has 0 aromatic carbocycles. The van der Waals surface area contributed by atoms with Crippen molar-refractivity contribution >= 4 is 10.1 Å². The highest BCUT2D eigenvalue weighted by atomic mass is 32.2. The van der Waals surface area contributed by atoms with Gasteiger partial charge in [0.05, 0.1) is 14.1 Å². The van der Waals surface area contributed by atoms with E-state index >= 15 is 0 Å². The monoisotopic (exact) mass is 167 g/mol. The minimum absolute atomic E-state index is 0.369. The van der Waals surface area contributed by atoms with Crippen molar-refractivity contribution in [3.8, 4) is 0 Å². The van der Waals surface area contributed by atoms with Gasteiger partial charge in [0.25, 0.3) is 0 Å². The van der Waals surface area contributed by atoms with Gasteiger partial charge in [-0.25, -0.2) is 8.42 Å². The SMILES string of the molecule is CCC([NH+](C)C)S(=O)(=O)[O-]. The Labute approximate surface area is 61.6 Å². The lowest BCUT2D eigenvalue weighted by molar-refractivity contribution is -0.870. The minimum Gasteiger partial charge on any atom is -0.743 e. The standard InChI is InChI=1S/C5H13NO3S/c1-4-5(6(2)3)10(7,8)9/h5H,4H2,1-3H3,(H,7,8,9). The lowest BCUT2D eigenvalue weighted by atomic mass is 10.4. The van der Waals surface area contributed by atoms with E-state index in [1.165, 1.54) is 0 Å². The molecule has 10 heavy (non-hydrogen) atoms. The molecule has 0 saturated heterocycles. The molecule has 0 aromatic rings. The van der Waals surface area contributed by atoms with Crippen LogP contribution in [0.4, 0.5) is 0 Å². The summed E-state index contributed by atoms with van der Waals surface area (Å²) in [6, 6.07) is 0. The second-order valence-corrected chi connectivity index (χ2v) is 4.02. The number of hydrogen-bond acceptors (Lipinski definition) is 3. The summed E-state index contributed by atoms with van der Waals surface area (Å²) in [7, 11) is -0.789. The van der Waals surface area contributed by atoms with Gasteiger partial charge in [-0.15, -0.1) is 0 Å². The number of nitrogens with one attached hydrogen (secondary N) is 1. The van der Waals surface area contributed by atoms with Gasteiger partial charge in [-0.1, -0.05) is 6.92 Å².